The van der Waals surface area contributed by atoms with Crippen molar-refractivity contribution < 1.29 is 4.79 Å². The van der Waals surface area contributed by atoms with E-state index in [2.05, 4.69) is 5.10 Å². The number of nitrogens with zero attached hydrogens (tertiary/aromatic N) is 2. The number of ketones is 1. The largest absolute Gasteiger partial charge is 0.319 e. The Balaban J connectivity index is 2.08. The van der Waals surface area contributed by atoms with Gasteiger partial charge in [-0.25, -0.2) is 0 Å². The van der Waals surface area contributed by atoms with Gasteiger partial charge in [0.15, 0.2) is 5.78 Å². The molecule has 1 saturated carbocycles. The van der Waals surface area contributed by atoms with E-state index in [0.717, 1.165) is 37.1 Å². The van der Waals surface area contributed by atoms with E-state index in [0.29, 0.717) is 6.42 Å². The van der Waals surface area contributed by atoms with Crippen LogP contribution < -0.4 is 5.73 Å². The Hall–Kier alpha value is -1.16. The van der Waals surface area contributed by atoms with Gasteiger partial charge in [-0.05, 0) is 25.8 Å². The van der Waals surface area contributed by atoms with Crippen molar-refractivity contribution in [2.75, 3.05) is 0 Å². The molecule has 0 saturated heterocycles. The van der Waals surface area contributed by atoms with Gasteiger partial charge in [-0.3, -0.25) is 9.48 Å². The molecule has 4 nitrogen and oxygen atoms in total. The number of Topliss-reactive ketones (excluding diaryl/α,β-unsaturated/α-hetero) is 1. The number of hydrogen-bond donors (Lipinski definition) is 1. The van der Waals surface area contributed by atoms with Gasteiger partial charge in [0.1, 0.15) is 0 Å². The second-order valence-electron chi connectivity index (χ2n) is 5.22. The van der Waals surface area contributed by atoms with Gasteiger partial charge in [-0.1, -0.05) is 19.3 Å². The topological polar surface area (TPSA) is 60.9 Å². The van der Waals surface area contributed by atoms with E-state index in [1.165, 1.54) is 6.42 Å². The van der Waals surface area contributed by atoms with E-state index in [4.69, 9.17) is 5.73 Å². The fraction of sp³-hybridized carbons (Fsp3) is 0.692. The molecule has 1 aliphatic carbocycles. The molecule has 0 bridgehead atoms. The Kier molecular flexibility index (Phi) is 3.33. The summed E-state index contributed by atoms with van der Waals surface area (Å²) in [7, 11) is 1.87. The quantitative estimate of drug-likeness (QED) is 0.863. The zero-order valence-electron chi connectivity index (χ0n) is 10.7. The molecule has 0 aliphatic heterocycles. The lowest BCUT2D eigenvalue weighted by Crippen LogP contribution is -2.50. The highest BCUT2D eigenvalue weighted by molar-refractivity contribution is 5.89. The second-order valence-corrected chi connectivity index (χ2v) is 5.22. The summed E-state index contributed by atoms with van der Waals surface area (Å²) >= 11 is 0. The molecule has 1 fully saturated rings. The Bertz CT molecular complexity index is 416. The summed E-state index contributed by atoms with van der Waals surface area (Å²) in [6, 6.07) is 1.96. The monoisotopic (exact) mass is 235 g/mol. The van der Waals surface area contributed by atoms with Gasteiger partial charge < -0.3 is 5.73 Å². The van der Waals surface area contributed by atoms with Gasteiger partial charge in [-0.2, -0.15) is 5.10 Å². The van der Waals surface area contributed by atoms with E-state index in [9.17, 15) is 4.79 Å². The van der Waals surface area contributed by atoms with E-state index < -0.39 is 5.54 Å². The minimum atomic E-state index is -0.587. The van der Waals surface area contributed by atoms with Gasteiger partial charge >= 0.3 is 0 Å². The number of rotatable bonds is 3. The number of aromatic nitrogens is 2. The van der Waals surface area contributed by atoms with Crippen LogP contribution in [-0.4, -0.2) is 21.1 Å². The maximum absolute atomic E-state index is 12.3. The fourth-order valence-electron chi connectivity index (χ4n) is 2.63. The molecule has 0 spiro atoms. The molecule has 4 heteroatoms. The van der Waals surface area contributed by atoms with Gasteiger partial charge in [-0.15, -0.1) is 0 Å². The average molecular weight is 235 g/mol. The van der Waals surface area contributed by atoms with Crippen LogP contribution in [0.4, 0.5) is 0 Å². The molecule has 17 heavy (non-hydrogen) atoms. The summed E-state index contributed by atoms with van der Waals surface area (Å²) in [6.07, 6.45) is 5.44. The first-order valence-electron chi connectivity index (χ1n) is 6.33. The zero-order valence-corrected chi connectivity index (χ0v) is 10.7. The molecule has 94 valence electrons. The van der Waals surface area contributed by atoms with E-state index >= 15 is 0 Å². The predicted octanol–water partition coefficient (Wildman–Crippen LogP) is 1.50. The number of hydrogen-bond acceptors (Lipinski definition) is 3. The third-order valence-corrected chi connectivity index (χ3v) is 3.74. The normalized spacial score (nSPS) is 19.2. The lowest BCUT2D eigenvalue weighted by atomic mass is 9.78. The number of carbonyl (C=O) groups is 1. The first-order chi connectivity index (χ1) is 8.01. The molecule has 1 aromatic heterocycles. The summed E-state index contributed by atoms with van der Waals surface area (Å²) in [6.45, 7) is 1.94. The third-order valence-electron chi connectivity index (χ3n) is 3.74. The van der Waals surface area contributed by atoms with Crippen molar-refractivity contribution in [1.82, 2.24) is 9.78 Å². The highest BCUT2D eigenvalue weighted by Crippen LogP contribution is 2.27. The molecule has 0 unspecified atom stereocenters. The van der Waals surface area contributed by atoms with Crippen molar-refractivity contribution in [3.63, 3.8) is 0 Å². The molecule has 2 N–H and O–H groups in total. The van der Waals surface area contributed by atoms with Crippen molar-refractivity contribution in [2.45, 2.75) is 51.0 Å². The highest BCUT2D eigenvalue weighted by atomic mass is 16.1. The van der Waals surface area contributed by atoms with Crippen molar-refractivity contribution in [3.05, 3.63) is 17.5 Å². The molecule has 1 aromatic rings. The van der Waals surface area contributed by atoms with Crippen molar-refractivity contribution in [2.24, 2.45) is 12.8 Å². The summed E-state index contributed by atoms with van der Waals surface area (Å²) in [5.41, 5.74) is 7.55. The Morgan fingerprint density at radius 3 is 2.65 bits per heavy atom. The fourth-order valence-corrected chi connectivity index (χ4v) is 2.63. The first kappa shape index (κ1) is 12.3. The molecule has 2 rings (SSSR count). The highest BCUT2D eigenvalue weighted by Gasteiger charge is 2.35. The van der Waals surface area contributed by atoms with Crippen LogP contribution in [0.3, 0.4) is 0 Å². The molecule has 0 amide bonds. The Labute approximate surface area is 102 Å². The standard InChI is InChI=1S/C13H21N3O/c1-10-8-11(16(2)15-10)9-12(17)13(14)6-4-3-5-7-13/h8H,3-7,9,14H2,1-2H3. The number of nitrogens with two attached hydrogens (primary N) is 1. The molecular formula is C13H21N3O. The minimum absolute atomic E-state index is 0.167. The SMILES string of the molecule is Cc1cc(CC(=O)C2(N)CCCCC2)n(C)n1. The first-order valence-corrected chi connectivity index (χ1v) is 6.33. The van der Waals surface area contributed by atoms with Crippen LogP contribution in [0.5, 0.6) is 0 Å². The van der Waals surface area contributed by atoms with E-state index in [-0.39, 0.29) is 5.78 Å². The van der Waals surface area contributed by atoms with Crippen LogP contribution in [0, 0.1) is 6.92 Å². The summed E-state index contributed by atoms with van der Waals surface area (Å²) in [5.74, 6) is 0.167. The Morgan fingerprint density at radius 2 is 2.12 bits per heavy atom. The van der Waals surface area contributed by atoms with Gasteiger partial charge in [0.25, 0.3) is 0 Å². The van der Waals surface area contributed by atoms with Crippen molar-refractivity contribution in [1.29, 1.82) is 0 Å². The second kappa shape index (κ2) is 4.61. The lowest BCUT2D eigenvalue weighted by Gasteiger charge is -2.31. The van der Waals surface area contributed by atoms with Gasteiger partial charge in [0, 0.05) is 12.7 Å². The Morgan fingerprint density at radius 1 is 1.47 bits per heavy atom. The molecule has 0 aromatic carbocycles. The predicted molar refractivity (Wildman–Crippen MR) is 66.7 cm³/mol. The molecular weight excluding hydrogens is 214 g/mol. The average Bonchev–Trinajstić information content (AvgIpc) is 2.58. The van der Waals surface area contributed by atoms with Crippen molar-refractivity contribution in [3.8, 4) is 0 Å². The lowest BCUT2D eigenvalue weighted by molar-refractivity contribution is -0.124. The van der Waals surface area contributed by atoms with Crippen LogP contribution in [0.1, 0.15) is 43.5 Å². The third kappa shape index (κ3) is 2.57. The molecule has 1 aliphatic rings. The number of carbonyl (C=O) groups excluding carboxylic acids is 1. The van der Waals surface area contributed by atoms with Crippen LogP contribution >= 0.6 is 0 Å². The molecule has 0 atom stereocenters. The zero-order chi connectivity index (χ0) is 12.5. The van der Waals surface area contributed by atoms with E-state index in [1.807, 2.05) is 20.0 Å². The minimum Gasteiger partial charge on any atom is -0.319 e. The van der Waals surface area contributed by atoms with Crippen LogP contribution in [0.25, 0.3) is 0 Å². The van der Waals surface area contributed by atoms with Gasteiger partial charge in [0.05, 0.1) is 17.7 Å². The van der Waals surface area contributed by atoms with Gasteiger partial charge in [0.2, 0.25) is 0 Å². The summed E-state index contributed by atoms with van der Waals surface area (Å²) in [4.78, 5) is 12.3. The van der Waals surface area contributed by atoms with Crippen molar-refractivity contribution >= 4 is 5.78 Å². The smallest absolute Gasteiger partial charge is 0.158 e. The van der Waals surface area contributed by atoms with Crippen LogP contribution in [-0.2, 0) is 18.3 Å². The molecule has 1 heterocycles. The van der Waals surface area contributed by atoms with E-state index in [1.54, 1.807) is 4.68 Å². The maximum atomic E-state index is 12.3. The summed E-state index contributed by atoms with van der Waals surface area (Å²) in [5, 5.41) is 4.26. The number of aryl methyl sites for hydroxylation is 2. The van der Waals surface area contributed by atoms with Crippen LogP contribution in [0.2, 0.25) is 0 Å². The maximum Gasteiger partial charge on any atom is 0.158 e. The molecule has 0 radical (unpaired) electrons. The summed E-state index contributed by atoms with van der Waals surface area (Å²) < 4.78 is 1.78. The van der Waals surface area contributed by atoms with Crippen LogP contribution in [0.15, 0.2) is 6.07 Å².